The summed E-state index contributed by atoms with van der Waals surface area (Å²) in [6.45, 7) is 3.21. The van der Waals surface area contributed by atoms with E-state index in [9.17, 15) is 9.59 Å². The Morgan fingerprint density at radius 2 is 2.00 bits per heavy atom. The summed E-state index contributed by atoms with van der Waals surface area (Å²) in [4.78, 5) is 27.4. The van der Waals surface area contributed by atoms with Crippen molar-refractivity contribution in [3.8, 4) is 0 Å². The minimum Gasteiger partial charge on any atom is -0.378 e. The monoisotopic (exact) mass is 383 g/mol. The molecule has 2 aromatic heterocycles. The lowest BCUT2D eigenvalue weighted by Crippen LogP contribution is -2.35. The summed E-state index contributed by atoms with van der Waals surface area (Å²) in [6, 6.07) is 10.8. The summed E-state index contributed by atoms with van der Waals surface area (Å²) in [6.07, 6.45) is 1.60. The molecule has 27 heavy (non-hydrogen) atoms. The number of amides is 1. The van der Waals surface area contributed by atoms with E-state index in [0.717, 1.165) is 36.2 Å². The number of ether oxygens (including phenoxy) is 1. The van der Waals surface area contributed by atoms with Gasteiger partial charge < -0.3 is 9.64 Å². The van der Waals surface area contributed by atoms with Crippen molar-refractivity contribution in [2.45, 2.75) is 0 Å². The Hall–Kier alpha value is -3.04. The van der Waals surface area contributed by atoms with Gasteiger partial charge in [0, 0.05) is 23.4 Å². The minimum absolute atomic E-state index is 0.127. The van der Waals surface area contributed by atoms with Gasteiger partial charge in [0.05, 0.1) is 29.8 Å². The number of carbonyl (C=O) groups is 1. The number of fused-ring (bicyclic) bond motifs is 1. The number of hydrazone groups is 1. The van der Waals surface area contributed by atoms with Crippen molar-refractivity contribution in [3.05, 3.63) is 57.3 Å². The highest BCUT2D eigenvalue weighted by Gasteiger charge is 2.14. The van der Waals surface area contributed by atoms with Crippen LogP contribution in [-0.2, 0) is 4.74 Å². The number of aromatic nitrogens is 2. The number of aromatic amines is 1. The molecule has 9 heteroatoms. The SMILES string of the molecule is O=C(NN=Cc1ccc(N2CCOCC2)s1)c1n[nH]c(=O)c2ccccc12. The van der Waals surface area contributed by atoms with Gasteiger partial charge in [-0.2, -0.15) is 10.2 Å². The second-order valence-electron chi connectivity index (χ2n) is 5.92. The van der Waals surface area contributed by atoms with E-state index < -0.39 is 5.91 Å². The largest absolute Gasteiger partial charge is 0.378 e. The van der Waals surface area contributed by atoms with E-state index in [1.807, 2.05) is 12.1 Å². The van der Waals surface area contributed by atoms with Crippen LogP contribution in [0.5, 0.6) is 0 Å². The quantitative estimate of drug-likeness (QED) is 0.526. The first-order valence-corrected chi connectivity index (χ1v) is 9.27. The average molecular weight is 383 g/mol. The molecular formula is C18H17N5O3S. The Kier molecular flexibility index (Phi) is 4.95. The molecule has 1 saturated heterocycles. The third-order valence-electron chi connectivity index (χ3n) is 4.20. The molecular weight excluding hydrogens is 366 g/mol. The molecule has 0 bridgehead atoms. The maximum Gasteiger partial charge on any atom is 0.292 e. The molecule has 2 N–H and O–H groups in total. The van der Waals surface area contributed by atoms with Gasteiger partial charge in [0.25, 0.3) is 11.5 Å². The molecule has 0 radical (unpaired) electrons. The van der Waals surface area contributed by atoms with Crippen molar-refractivity contribution in [2.75, 3.05) is 31.2 Å². The molecule has 1 amide bonds. The van der Waals surface area contributed by atoms with Gasteiger partial charge in [0.1, 0.15) is 0 Å². The molecule has 3 heterocycles. The normalized spacial score (nSPS) is 14.7. The summed E-state index contributed by atoms with van der Waals surface area (Å²) < 4.78 is 5.36. The van der Waals surface area contributed by atoms with Gasteiger partial charge in [-0.15, -0.1) is 11.3 Å². The summed E-state index contributed by atoms with van der Waals surface area (Å²) in [7, 11) is 0. The third kappa shape index (κ3) is 3.74. The van der Waals surface area contributed by atoms with Gasteiger partial charge in [-0.25, -0.2) is 10.5 Å². The highest BCUT2D eigenvalue weighted by atomic mass is 32.1. The van der Waals surface area contributed by atoms with E-state index >= 15 is 0 Å². The van der Waals surface area contributed by atoms with Crippen molar-refractivity contribution < 1.29 is 9.53 Å². The summed E-state index contributed by atoms with van der Waals surface area (Å²) >= 11 is 1.60. The molecule has 4 rings (SSSR count). The van der Waals surface area contributed by atoms with Crippen molar-refractivity contribution in [1.29, 1.82) is 0 Å². The first kappa shape index (κ1) is 17.4. The maximum atomic E-state index is 12.4. The van der Waals surface area contributed by atoms with Crippen molar-refractivity contribution in [1.82, 2.24) is 15.6 Å². The summed E-state index contributed by atoms with van der Waals surface area (Å²) in [5.41, 5.74) is 2.26. The van der Waals surface area contributed by atoms with Gasteiger partial charge in [-0.1, -0.05) is 18.2 Å². The molecule has 0 spiro atoms. The van der Waals surface area contributed by atoms with Crippen molar-refractivity contribution >= 4 is 39.2 Å². The average Bonchev–Trinajstić information content (AvgIpc) is 3.18. The Morgan fingerprint density at radius 1 is 1.22 bits per heavy atom. The lowest BCUT2D eigenvalue weighted by atomic mass is 10.1. The van der Waals surface area contributed by atoms with Gasteiger partial charge in [0.15, 0.2) is 5.69 Å². The topological polar surface area (TPSA) is 99.7 Å². The molecule has 1 fully saturated rings. The first-order valence-electron chi connectivity index (χ1n) is 8.46. The molecule has 3 aromatic rings. The van der Waals surface area contributed by atoms with Gasteiger partial charge in [-0.3, -0.25) is 9.59 Å². The third-order valence-corrected chi connectivity index (χ3v) is 5.28. The van der Waals surface area contributed by atoms with E-state index in [-0.39, 0.29) is 11.3 Å². The molecule has 0 aliphatic carbocycles. The van der Waals surface area contributed by atoms with Crippen LogP contribution < -0.4 is 15.9 Å². The number of nitrogens with zero attached hydrogens (tertiary/aromatic N) is 3. The summed E-state index contributed by atoms with van der Waals surface area (Å²) in [5.74, 6) is -0.483. The Labute approximate surface area is 158 Å². The van der Waals surface area contributed by atoms with Crippen LogP contribution >= 0.6 is 11.3 Å². The van der Waals surface area contributed by atoms with Crippen LogP contribution in [0.3, 0.4) is 0 Å². The van der Waals surface area contributed by atoms with Crippen LogP contribution in [0.15, 0.2) is 46.3 Å². The zero-order valence-corrected chi connectivity index (χ0v) is 15.2. The number of H-pyrrole nitrogens is 1. The summed E-state index contributed by atoms with van der Waals surface area (Å²) in [5, 5.41) is 12.3. The number of benzene rings is 1. The Bertz CT molecular complexity index is 1050. The number of rotatable bonds is 4. The fraction of sp³-hybridized carbons (Fsp3) is 0.222. The van der Waals surface area contributed by atoms with Crippen LogP contribution in [0, 0.1) is 0 Å². The molecule has 0 saturated carbocycles. The number of thiophene rings is 1. The predicted molar refractivity (Wildman–Crippen MR) is 105 cm³/mol. The van der Waals surface area contributed by atoms with E-state index in [4.69, 9.17) is 4.74 Å². The highest BCUT2D eigenvalue weighted by Crippen LogP contribution is 2.25. The first-order chi connectivity index (χ1) is 13.2. The molecule has 1 aliphatic heterocycles. The van der Waals surface area contributed by atoms with E-state index in [1.165, 1.54) is 0 Å². The van der Waals surface area contributed by atoms with Gasteiger partial charge in [0.2, 0.25) is 0 Å². The number of carbonyl (C=O) groups excluding carboxylic acids is 1. The predicted octanol–water partition coefficient (Wildman–Crippen LogP) is 1.59. The zero-order valence-electron chi connectivity index (χ0n) is 14.3. The van der Waals surface area contributed by atoms with E-state index in [1.54, 1.807) is 41.8 Å². The second kappa shape index (κ2) is 7.68. The van der Waals surface area contributed by atoms with Crippen LogP contribution in [0.2, 0.25) is 0 Å². The second-order valence-corrected chi connectivity index (χ2v) is 7.02. The smallest absolute Gasteiger partial charge is 0.292 e. The van der Waals surface area contributed by atoms with Gasteiger partial charge in [-0.05, 0) is 18.2 Å². The van der Waals surface area contributed by atoms with E-state index in [0.29, 0.717) is 10.8 Å². The number of anilines is 1. The van der Waals surface area contributed by atoms with Gasteiger partial charge >= 0.3 is 0 Å². The number of nitrogens with one attached hydrogen (secondary N) is 2. The highest BCUT2D eigenvalue weighted by molar-refractivity contribution is 7.17. The van der Waals surface area contributed by atoms with Crippen molar-refractivity contribution in [3.63, 3.8) is 0 Å². The molecule has 0 unspecified atom stereocenters. The minimum atomic E-state index is -0.483. The molecule has 1 aromatic carbocycles. The Morgan fingerprint density at radius 3 is 2.81 bits per heavy atom. The zero-order chi connectivity index (χ0) is 18.6. The van der Waals surface area contributed by atoms with Crippen LogP contribution in [0.1, 0.15) is 15.4 Å². The number of morpholine rings is 1. The molecule has 0 atom stereocenters. The fourth-order valence-corrected chi connectivity index (χ4v) is 3.79. The molecule has 1 aliphatic rings. The standard InChI is InChI=1S/C18H17N5O3S/c24-17-14-4-2-1-3-13(14)16(20-22-17)18(25)21-19-11-12-5-6-15(27-12)23-7-9-26-10-8-23/h1-6,11H,7-10H2,(H,21,25)(H,22,24). The maximum absolute atomic E-state index is 12.4. The molecule has 8 nitrogen and oxygen atoms in total. The van der Waals surface area contributed by atoms with Crippen LogP contribution in [-0.4, -0.2) is 48.6 Å². The van der Waals surface area contributed by atoms with E-state index in [2.05, 4.69) is 25.6 Å². The van der Waals surface area contributed by atoms with Crippen molar-refractivity contribution in [2.24, 2.45) is 5.10 Å². The lowest BCUT2D eigenvalue weighted by Gasteiger charge is -2.27. The molecule has 138 valence electrons. The number of hydrogen-bond acceptors (Lipinski definition) is 7. The number of hydrogen-bond donors (Lipinski definition) is 2. The lowest BCUT2D eigenvalue weighted by molar-refractivity contribution is 0.0951. The Balaban J connectivity index is 1.46. The van der Waals surface area contributed by atoms with Crippen LogP contribution in [0.4, 0.5) is 5.00 Å². The fourth-order valence-electron chi connectivity index (χ4n) is 2.86. The van der Waals surface area contributed by atoms with Crippen LogP contribution in [0.25, 0.3) is 10.8 Å².